The number of ether oxygens (including phenoxy) is 1. The molecule has 0 aliphatic carbocycles. The molecule has 1 aliphatic heterocycles. The molecule has 7 nitrogen and oxygen atoms in total. The number of carbonyl (C=O) groups is 3. The van der Waals surface area contributed by atoms with Gasteiger partial charge in [0, 0.05) is 35.6 Å². The van der Waals surface area contributed by atoms with Gasteiger partial charge in [-0.05, 0) is 55.8 Å². The van der Waals surface area contributed by atoms with Crippen molar-refractivity contribution in [3.05, 3.63) is 54.1 Å². The summed E-state index contributed by atoms with van der Waals surface area (Å²) in [5.74, 6) is -0.175. The summed E-state index contributed by atoms with van der Waals surface area (Å²) in [5.41, 5.74) is 2.39. The van der Waals surface area contributed by atoms with E-state index < -0.39 is 6.09 Å². The van der Waals surface area contributed by atoms with Crippen LogP contribution in [0.2, 0.25) is 0 Å². The molecule has 0 bridgehead atoms. The number of anilines is 3. The molecule has 2 N–H and O–H groups in total. The van der Waals surface area contributed by atoms with Crippen LogP contribution in [0.25, 0.3) is 0 Å². The van der Waals surface area contributed by atoms with E-state index in [4.69, 9.17) is 4.74 Å². The fourth-order valence-electron chi connectivity index (χ4n) is 2.87. The minimum atomic E-state index is -0.539. The zero-order valence-corrected chi connectivity index (χ0v) is 15.0. The highest BCUT2D eigenvalue weighted by Gasteiger charge is 2.21. The van der Waals surface area contributed by atoms with E-state index in [2.05, 4.69) is 10.6 Å². The number of hydrogen-bond donors (Lipinski definition) is 2. The van der Waals surface area contributed by atoms with E-state index in [0.717, 1.165) is 12.1 Å². The Hall–Kier alpha value is -3.35. The Labute approximate surface area is 157 Å². The molecule has 0 spiro atoms. The Bertz CT molecular complexity index is 849. The van der Waals surface area contributed by atoms with Crippen molar-refractivity contribution in [2.45, 2.75) is 19.8 Å². The maximum Gasteiger partial charge on any atom is 0.411 e. The fourth-order valence-corrected chi connectivity index (χ4v) is 2.87. The van der Waals surface area contributed by atoms with Crippen LogP contribution in [0.1, 0.15) is 30.1 Å². The molecule has 3 rings (SSSR count). The quantitative estimate of drug-likeness (QED) is 0.845. The third kappa shape index (κ3) is 4.63. The van der Waals surface area contributed by atoms with Crippen LogP contribution in [0.3, 0.4) is 0 Å². The Morgan fingerprint density at radius 1 is 1.07 bits per heavy atom. The summed E-state index contributed by atoms with van der Waals surface area (Å²) in [7, 11) is 0. The second-order valence-corrected chi connectivity index (χ2v) is 6.08. The number of amides is 3. The Balaban J connectivity index is 1.65. The van der Waals surface area contributed by atoms with Crippen LogP contribution >= 0.6 is 0 Å². The highest BCUT2D eigenvalue weighted by Crippen LogP contribution is 2.24. The normalized spacial score (nSPS) is 13.4. The second-order valence-electron chi connectivity index (χ2n) is 6.08. The molecule has 140 valence electrons. The summed E-state index contributed by atoms with van der Waals surface area (Å²) in [6, 6.07) is 13.7. The van der Waals surface area contributed by atoms with Crippen molar-refractivity contribution in [1.82, 2.24) is 0 Å². The Morgan fingerprint density at radius 2 is 1.85 bits per heavy atom. The summed E-state index contributed by atoms with van der Waals surface area (Å²) < 4.78 is 4.81. The summed E-state index contributed by atoms with van der Waals surface area (Å²) in [6.45, 7) is 2.71. The molecule has 3 amide bonds. The maximum absolute atomic E-state index is 12.4. The lowest BCUT2D eigenvalue weighted by atomic mass is 10.2. The van der Waals surface area contributed by atoms with E-state index >= 15 is 0 Å². The first-order valence-corrected chi connectivity index (χ1v) is 8.82. The maximum atomic E-state index is 12.4. The second kappa shape index (κ2) is 8.35. The van der Waals surface area contributed by atoms with Crippen molar-refractivity contribution in [3.63, 3.8) is 0 Å². The average molecular weight is 367 g/mol. The third-order valence-corrected chi connectivity index (χ3v) is 4.16. The first-order valence-electron chi connectivity index (χ1n) is 8.82. The van der Waals surface area contributed by atoms with E-state index in [1.807, 2.05) is 12.1 Å². The van der Waals surface area contributed by atoms with Crippen LogP contribution in [0, 0.1) is 0 Å². The van der Waals surface area contributed by atoms with E-state index in [1.165, 1.54) is 0 Å². The van der Waals surface area contributed by atoms with Crippen molar-refractivity contribution in [2.75, 3.05) is 28.7 Å². The van der Waals surface area contributed by atoms with Gasteiger partial charge < -0.3 is 15.0 Å². The zero-order chi connectivity index (χ0) is 19.2. The largest absolute Gasteiger partial charge is 0.450 e. The van der Waals surface area contributed by atoms with Crippen molar-refractivity contribution in [2.24, 2.45) is 0 Å². The van der Waals surface area contributed by atoms with Gasteiger partial charge >= 0.3 is 6.09 Å². The molecule has 1 saturated heterocycles. The number of carbonyl (C=O) groups excluding carboxylic acids is 3. The third-order valence-electron chi connectivity index (χ3n) is 4.16. The molecular weight excluding hydrogens is 346 g/mol. The van der Waals surface area contributed by atoms with Gasteiger partial charge in [0.1, 0.15) is 0 Å². The van der Waals surface area contributed by atoms with Gasteiger partial charge in [-0.3, -0.25) is 14.9 Å². The van der Waals surface area contributed by atoms with Gasteiger partial charge in [0.2, 0.25) is 5.91 Å². The summed E-state index contributed by atoms with van der Waals surface area (Å²) in [4.78, 5) is 37.4. The molecular formula is C20H21N3O4. The molecule has 7 heteroatoms. The lowest BCUT2D eigenvalue weighted by Gasteiger charge is -2.16. The van der Waals surface area contributed by atoms with Crippen LogP contribution in [-0.2, 0) is 9.53 Å². The van der Waals surface area contributed by atoms with Gasteiger partial charge in [0.05, 0.1) is 6.61 Å². The van der Waals surface area contributed by atoms with E-state index in [1.54, 1.807) is 48.2 Å². The smallest absolute Gasteiger partial charge is 0.411 e. The van der Waals surface area contributed by atoms with Gasteiger partial charge in [-0.25, -0.2) is 4.79 Å². The molecule has 0 atom stereocenters. The topological polar surface area (TPSA) is 87.7 Å². The van der Waals surface area contributed by atoms with Crippen LogP contribution in [-0.4, -0.2) is 31.1 Å². The van der Waals surface area contributed by atoms with Gasteiger partial charge in [-0.2, -0.15) is 0 Å². The fraction of sp³-hybridized carbons (Fsp3) is 0.250. The number of hydrogen-bond acceptors (Lipinski definition) is 4. The number of nitrogens with zero attached hydrogens (tertiary/aromatic N) is 1. The van der Waals surface area contributed by atoms with Crippen molar-refractivity contribution in [1.29, 1.82) is 0 Å². The van der Waals surface area contributed by atoms with E-state index in [0.29, 0.717) is 29.9 Å². The monoisotopic (exact) mass is 367 g/mol. The molecule has 0 saturated carbocycles. The van der Waals surface area contributed by atoms with E-state index in [-0.39, 0.29) is 18.4 Å². The van der Waals surface area contributed by atoms with Crippen LogP contribution < -0.4 is 15.5 Å². The predicted molar refractivity (Wildman–Crippen MR) is 103 cm³/mol. The molecule has 2 aromatic rings. The molecule has 0 unspecified atom stereocenters. The molecule has 1 heterocycles. The molecule has 1 aliphatic rings. The highest BCUT2D eigenvalue weighted by molar-refractivity contribution is 6.05. The lowest BCUT2D eigenvalue weighted by molar-refractivity contribution is -0.117. The molecule has 27 heavy (non-hydrogen) atoms. The first kappa shape index (κ1) is 18.4. The SMILES string of the molecule is CCOC(=O)Nc1ccc(C(=O)Nc2cccc(N3CCCC3=O)c2)cc1. The molecule has 0 radical (unpaired) electrons. The Kier molecular flexibility index (Phi) is 5.71. The standard InChI is InChI=1S/C20H21N3O4/c1-2-27-20(26)22-15-10-8-14(9-11-15)19(25)21-16-5-3-6-17(13-16)23-12-4-7-18(23)24/h3,5-6,8-11,13H,2,4,7,12H2,1H3,(H,21,25)(H,22,26). The van der Waals surface area contributed by atoms with Gasteiger partial charge in [-0.1, -0.05) is 6.07 Å². The predicted octanol–water partition coefficient (Wildman–Crippen LogP) is 3.63. The highest BCUT2D eigenvalue weighted by atomic mass is 16.5. The minimum Gasteiger partial charge on any atom is -0.450 e. The van der Waals surface area contributed by atoms with Crippen LogP contribution in [0.15, 0.2) is 48.5 Å². The lowest BCUT2D eigenvalue weighted by Crippen LogP contribution is -2.23. The van der Waals surface area contributed by atoms with Crippen molar-refractivity contribution in [3.8, 4) is 0 Å². The van der Waals surface area contributed by atoms with E-state index in [9.17, 15) is 14.4 Å². The zero-order valence-electron chi connectivity index (χ0n) is 15.0. The van der Waals surface area contributed by atoms with Crippen molar-refractivity contribution >= 4 is 35.0 Å². The molecule has 1 fully saturated rings. The number of rotatable bonds is 5. The Morgan fingerprint density at radius 3 is 2.52 bits per heavy atom. The van der Waals surface area contributed by atoms with Gasteiger partial charge in [0.25, 0.3) is 5.91 Å². The van der Waals surface area contributed by atoms with Crippen LogP contribution in [0.4, 0.5) is 21.9 Å². The first-order chi connectivity index (χ1) is 13.1. The summed E-state index contributed by atoms with van der Waals surface area (Å²) in [5, 5.41) is 5.40. The summed E-state index contributed by atoms with van der Waals surface area (Å²) >= 11 is 0. The van der Waals surface area contributed by atoms with Crippen LogP contribution in [0.5, 0.6) is 0 Å². The van der Waals surface area contributed by atoms with Gasteiger partial charge in [-0.15, -0.1) is 0 Å². The number of nitrogens with one attached hydrogen (secondary N) is 2. The minimum absolute atomic E-state index is 0.100. The molecule has 2 aromatic carbocycles. The average Bonchev–Trinajstić information content (AvgIpc) is 3.08. The summed E-state index contributed by atoms with van der Waals surface area (Å²) in [6.07, 6.45) is 0.868. The van der Waals surface area contributed by atoms with Gasteiger partial charge in [0.15, 0.2) is 0 Å². The van der Waals surface area contributed by atoms with Crippen molar-refractivity contribution < 1.29 is 19.1 Å². The number of benzene rings is 2. The molecule has 0 aromatic heterocycles.